The van der Waals surface area contributed by atoms with Gasteiger partial charge in [-0.3, -0.25) is 4.90 Å². The van der Waals surface area contributed by atoms with Crippen LogP contribution < -0.4 is 20.7 Å². The molecule has 2 bridgehead atoms. The van der Waals surface area contributed by atoms with E-state index in [4.69, 9.17) is 34.6 Å². The number of alkyl halides is 1. The Balaban J connectivity index is 1.19. The molecule has 11 nitrogen and oxygen atoms in total. The first-order chi connectivity index (χ1) is 21.4. The maximum Gasteiger partial charge on any atom is 0.319 e. The van der Waals surface area contributed by atoms with E-state index >= 15 is 0 Å². The second kappa shape index (κ2) is 9.91. The predicted octanol–water partition coefficient (Wildman–Crippen LogP) is 3.56. The molecule has 0 spiro atoms. The van der Waals surface area contributed by atoms with Gasteiger partial charge in [0.2, 0.25) is 0 Å². The molecule has 8 heterocycles. The number of anilines is 2. The monoisotopic (exact) mass is 604 g/mol. The molecule has 13 heteroatoms. The zero-order valence-corrected chi connectivity index (χ0v) is 24.3. The molecule has 4 aromatic rings. The molecular weight excluding hydrogens is 570 g/mol. The van der Waals surface area contributed by atoms with Crippen molar-refractivity contribution in [2.75, 3.05) is 56.6 Å². The number of benzene rings is 1. The van der Waals surface area contributed by atoms with Crippen molar-refractivity contribution in [3.05, 3.63) is 29.7 Å². The van der Waals surface area contributed by atoms with Crippen LogP contribution in [0.5, 0.6) is 6.01 Å². The van der Waals surface area contributed by atoms with Gasteiger partial charge in [0.05, 0.1) is 30.0 Å². The molecule has 5 aliphatic heterocycles. The molecule has 3 aromatic heterocycles. The first-order valence-electron chi connectivity index (χ1n) is 15.6. The number of piperazine rings is 1. The molecule has 5 saturated heterocycles. The molecule has 0 aliphatic carbocycles. The smallest absolute Gasteiger partial charge is 0.319 e. The third kappa shape index (κ3) is 4.23. The molecule has 0 amide bonds. The number of rotatable bonds is 6. The van der Waals surface area contributed by atoms with Gasteiger partial charge in [-0.25, -0.2) is 13.8 Å². The van der Waals surface area contributed by atoms with E-state index in [-0.39, 0.29) is 29.1 Å². The molecule has 5 fully saturated rings. The number of hydrogen-bond acceptors (Lipinski definition) is 11. The van der Waals surface area contributed by atoms with Crippen LogP contribution in [0.2, 0.25) is 0 Å². The fourth-order valence-electron chi connectivity index (χ4n) is 8.07. The molecule has 3 N–H and O–H groups in total. The van der Waals surface area contributed by atoms with Gasteiger partial charge >= 0.3 is 6.01 Å². The van der Waals surface area contributed by atoms with E-state index in [9.17, 15) is 8.78 Å². The molecule has 1 aromatic carbocycles. The van der Waals surface area contributed by atoms with Gasteiger partial charge < -0.3 is 29.8 Å². The van der Waals surface area contributed by atoms with Gasteiger partial charge in [0.25, 0.3) is 6.01 Å². The molecule has 9 rings (SSSR count). The van der Waals surface area contributed by atoms with Crippen molar-refractivity contribution in [2.45, 2.75) is 61.8 Å². The Morgan fingerprint density at radius 1 is 1.05 bits per heavy atom. The minimum atomic E-state index is -0.845. The van der Waals surface area contributed by atoms with Crippen LogP contribution in [0.4, 0.5) is 20.6 Å². The number of pyridine rings is 1. The highest BCUT2D eigenvalue weighted by atomic mass is 19.1. The number of fused-ring (bicyclic) bond motifs is 5. The zero-order valence-electron chi connectivity index (χ0n) is 24.3. The summed E-state index contributed by atoms with van der Waals surface area (Å²) in [6.45, 7) is 4.35. The number of oxazole rings is 1. The minimum Gasteiger partial charge on any atom is -0.461 e. The summed E-state index contributed by atoms with van der Waals surface area (Å²) in [7, 11) is 0. The van der Waals surface area contributed by atoms with E-state index in [0.29, 0.717) is 67.0 Å². The molecule has 5 aliphatic rings. The molecule has 0 saturated carbocycles. The van der Waals surface area contributed by atoms with Crippen LogP contribution in [0.3, 0.4) is 0 Å². The summed E-state index contributed by atoms with van der Waals surface area (Å²) >= 11 is 0. The first-order valence-corrected chi connectivity index (χ1v) is 15.6. The number of ether oxygens (including phenoxy) is 2. The van der Waals surface area contributed by atoms with Crippen LogP contribution in [-0.4, -0.2) is 94.6 Å². The number of hydrogen-bond donors (Lipinski definition) is 2. The Labute approximate surface area is 252 Å². The topological polar surface area (TPSA) is 128 Å². The number of nitrogen functional groups attached to an aromatic ring is 1. The van der Waals surface area contributed by atoms with Crippen molar-refractivity contribution in [1.82, 2.24) is 30.2 Å². The third-order valence-electron chi connectivity index (χ3n) is 10.2. The maximum atomic E-state index is 14.7. The summed E-state index contributed by atoms with van der Waals surface area (Å²) in [5.74, 6) is 0.249. The highest BCUT2D eigenvalue weighted by Crippen LogP contribution is 2.42. The van der Waals surface area contributed by atoms with E-state index in [2.05, 4.69) is 20.1 Å². The summed E-state index contributed by atoms with van der Waals surface area (Å²) < 4.78 is 46.6. The van der Waals surface area contributed by atoms with Crippen LogP contribution >= 0.6 is 0 Å². The Bertz CT molecular complexity index is 1770. The number of nitrogens with two attached hydrogens (primary N) is 1. The van der Waals surface area contributed by atoms with Gasteiger partial charge in [0, 0.05) is 55.2 Å². The predicted molar refractivity (Wildman–Crippen MR) is 159 cm³/mol. The van der Waals surface area contributed by atoms with Gasteiger partial charge in [-0.2, -0.15) is 15.0 Å². The Kier molecular flexibility index (Phi) is 6.01. The molecule has 2 unspecified atom stereocenters. The number of halogens is 2. The lowest BCUT2D eigenvalue weighted by atomic mass is 9.93. The van der Waals surface area contributed by atoms with Crippen molar-refractivity contribution in [3.63, 3.8) is 0 Å². The fourth-order valence-corrected chi connectivity index (χ4v) is 8.07. The van der Waals surface area contributed by atoms with Crippen LogP contribution in [-0.2, 0) is 4.74 Å². The summed E-state index contributed by atoms with van der Waals surface area (Å²) in [4.78, 5) is 23.9. The SMILES string of the molecule is Nc1nc2c(-c3cc4nc(OC[C@@]56CCCN5C[C@H](F)C6)nc(N5CC6CCC(C5)N6)c4nc3C3COC3)ccc(F)c2o1. The second-order valence-corrected chi connectivity index (χ2v) is 13.1. The van der Waals surface area contributed by atoms with Crippen LogP contribution in [0, 0.1) is 5.82 Å². The Morgan fingerprint density at radius 3 is 2.68 bits per heavy atom. The standard InChI is InChI=1S/C31H34F2N8O3/c32-17-9-31(6-1-7-41(31)10-17)15-43-30-36-23-8-21(20-4-5-22(33)27-25(20)38-29(34)44-27)24(16-13-42-14-16)37-26(23)28(39-30)40-11-18-2-3-19(12-40)35-18/h4-5,8,16-19,35H,1-3,6-7,9-15H2,(H2,34,38)/t17-,18?,19?,31+/m1/s1. The Hall–Kier alpha value is -3.68. The molecule has 230 valence electrons. The van der Waals surface area contributed by atoms with E-state index in [1.54, 1.807) is 6.07 Å². The van der Waals surface area contributed by atoms with Crippen LogP contribution in [0.1, 0.15) is 43.7 Å². The average molecular weight is 605 g/mol. The summed E-state index contributed by atoms with van der Waals surface area (Å²) in [6.07, 6.45) is 3.80. The van der Waals surface area contributed by atoms with E-state index in [1.165, 1.54) is 6.07 Å². The second-order valence-electron chi connectivity index (χ2n) is 13.1. The van der Waals surface area contributed by atoms with E-state index < -0.39 is 12.0 Å². The fraction of sp³-hybridized carbons (Fsp3) is 0.548. The van der Waals surface area contributed by atoms with Crippen molar-refractivity contribution in [2.24, 2.45) is 0 Å². The van der Waals surface area contributed by atoms with Crippen LogP contribution in [0.15, 0.2) is 22.6 Å². The quantitative estimate of drug-likeness (QED) is 0.335. The van der Waals surface area contributed by atoms with Crippen molar-refractivity contribution in [3.8, 4) is 17.1 Å². The number of nitrogens with zero attached hydrogens (tertiary/aromatic N) is 6. The largest absolute Gasteiger partial charge is 0.461 e. The van der Waals surface area contributed by atoms with Crippen LogP contribution in [0.25, 0.3) is 33.3 Å². The molecule has 0 radical (unpaired) electrons. The van der Waals surface area contributed by atoms with E-state index in [1.807, 2.05) is 6.07 Å². The number of aromatic nitrogens is 4. The highest BCUT2D eigenvalue weighted by molar-refractivity contribution is 5.97. The van der Waals surface area contributed by atoms with Gasteiger partial charge in [-0.05, 0) is 50.4 Å². The third-order valence-corrected chi connectivity index (χ3v) is 10.2. The van der Waals surface area contributed by atoms with Crippen molar-refractivity contribution in [1.29, 1.82) is 0 Å². The zero-order chi connectivity index (χ0) is 29.6. The average Bonchev–Trinajstić information content (AvgIpc) is 3.72. The van der Waals surface area contributed by atoms with Gasteiger partial charge in [0.15, 0.2) is 17.2 Å². The maximum absolute atomic E-state index is 14.7. The summed E-state index contributed by atoms with van der Waals surface area (Å²) in [6, 6.07) is 5.93. The lowest BCUT2D eigenvalue weighted by Gasteiger charge is -2.35. The van der Waals surface area contributed by atoms with Gasteiger partial charge in [-0.1, -0.05) is 0 Å². The lowest BCUT2D eigenvalue weighted by Crippen LogP contribution is -2.51. The number of nitrogens with one attached hydrogen (secondary N) is 1. The summed E-state index contributed by atoms with van der Waals surface area (Å²) in [5.41, 5.74) is 9.40. The summed E-state index contributed by atoms with van der Waals surface area (Å²) in [5, 5.41) is 3.69. The van der Waals surface area contributed by atoms with Crippen molar-refractivity contribution < 1.29 is 22.7 Å². The first kappa shape index (κ1) is 26.7. The Morgan fingerprint density at radius 2 is 1.89 bits per heavy atom. The molecule has 44 heavy (non-hydrogen) atoms. The van der Waals surface area contributed by atoms with Crippen molar-refractivity contribution >= 4 is 34.0 Å². The van der Waals surface area contributed by atoms with Gasteiger partial charge in [0.1, 0.15) is 23.8 Å². The lowest BCUT2D eigenvalue weighted by molar-refractivity contribution is 0.00707. The van der Waals surface area contributed by atoms with Gasteiger partial charge in [-0.15, -0.1) is 0 Å². The molecular formula is C31H34F2N8O3. The highest BCUT2D eigenvalue weighted by Gasteiger charge is 2.49. The minimum absolute atomic E-state index is 0.00250. The van der Waals surface area contributed by atoms with E-state index in [0.717, 1.165) is 62.4 Å². The molecule has 4 atom stereocenters. The normalized spacial score (nSPS) is 28.7.